The summed E-state index contributed by atoms with van der Waals surface area (Å²) >= 11 is 3.27. The van der Waals surface area contributed by atoms with Gasteiger partial charge in [-0.3, -0.25) is 9.59 Å². The molecule has 0 aliphatic carbocycles. The molecule has 102 valence electrons. The van der Waals surface area contributed by atoms with Crippen LogP contribution in [0, 0.1) is 0 Å². The lowest BCUT2D eigenvalue weighted by atomic mass is 10.1. The molecule has 0 saturated heterocycles. The standard InChI is InChI=1S/C14H10BrNO4/c15-11-4-1-9(2-5-11)12(17)8-20-14(19)10-3-6-13(18)16-7-10/h1-7H,8H2,(H,16,18). The molecular weight excluding hydrogens is 326 g/mol. The van der Waals surface area contributed by atoms with Crippen molar-refractivity contribution in [2.75, 3.05) is 6.61 Å². The molecule has 1 aromatic carbocycles. The Morgan fingerprint density at radius 2 is 1.70 bits per heavy atom. The minimum atomic E-state index is -0.660. The van der Waals surface area contributed by atoms with Gasteiger partial charge in [0.05, 0.1) is 5.56 Å². The van der Waals surface area contributed by atoms with Gasteiger partial charge in [0.15, 0.2) is 12.4 Å². The van der Waals surface area contributed by atoms with Crippen molar-refractivity contribution < 1.29 is 14.3 Å². The lowest BCUT2D eigenvalue weighted by molar-refractivity contribution is 0.0474. The van der Waals surface area contributed by atoms with Crippen LogP contribution in [0.1, 0.15) is 20.7 Å². The van der Waals surface area contributed by atoms with Crippen LogP contribution >= 0.6 is 15.9 Å². The van der Waals surface area contributed by atoms with Gasteiger partial charge in [0.25, 0.3) is 0 Å². The quantitative estimate of drug-likeness (QED) is 0.686. The number of aromatic amines is 1. The first-order valence-electron chi connectivity index (χ1n) is 5.71. The fourth-order valence-electron chi connectivity index (χ4n) is 1.47. The van der Waals surface area contributed by atoms with Crippen LogP contribution in [-0.4, -0.2) is 23.3 Å². The average Bonchev–Trinajstić information content (AvgIpc) is 2.46. The number of pyridine rings is 1. The largest absolute Gasteiger partial charge is 0.454 e. The third-order valence-corrected chi connectivity index (χ3v) is 3.05. The number of carbonyl (C=O) groups excluding carboxylic acids is 2. The number of benzene rings is 1. The number of aromatic nitrogens is 1. The van der Waals surface area contributed by atoms with E-state index in [1.807, 2.05) is 0 Å². The second-order valence-electron chi connectivity index (χ2n) is 3.95. The topological polar surface area (TPSA) is 76.2 Å². The monoisotopic (exact) mass is 335 g/mol. The Morgan fingerprint density at radius 3 is 2.30 bits per heavy atom. The van der Waals surface area contributed by atoms with E-state index >= 15 is 0 Å². The predicted molar refractivity (Wildman–Crippen MR) is 75.8 cm³/mol. The Kier molecular flexibility index (Phi) is 4.47. The minimum Gasteiger partial charge on any atom is -0.454 e. The number of nitrogens with one attached hydrogen (secondary N) is 1. The van der Waals surface area contributed by atoms with E-state index in [9.17, 15) is 14.4 Å². The number of esters is 1. The van der Waals surface area contributed by atoms with Crippen LogP contribution in [0.3, 0.4) is 0 Å². The molecule has 2 aromatic rings. The van der Waals surface area contributed by atoms with Gasteiger partial charge in [0.2, 0.25) is 5.56 Å². The molecule has 1 aromatic heterocycles. The Labute approximate surface area is 122 Å². The summed E-state index contributed by atoms with van der Waals surface area (Å²) in [6.07, 6.45) is 1.24. The molecule has 0 amide bonds. The zero-order valence-corrected chi connectivity index (χ0v) is 11.8. The summed E-state index contributed by atoms with van der Waals surface area (Å²) in [5.74, 6) is -0.956. The first-order chi connectivity index (χ1) is 9.56. The van der Waals surface area contributed by atoms with E-state index in [1.54, 1.807) is 24.3 Å². The molecule has 20 heavy (non-hydrogen) atoms. The number of H-pyrrole nitrogens is 1. The molecule has 0 aliphatic heterocycles. The van der Waals surface area contributed by atoms with Crippen molar-refractivity contribution in [2.24, 2.45) is 0 Å². The fraction of sp³-hybridized carbons (Fsp3) is 0.0714. The van der Waals surface area contributed by atoms with Gasteiger partial charge < -0.3 is 9.72 Å². The van der Waals surface area contributed by atoms with Crippen LogP contribution in [0.4, 0.5) is 0 Å². The van der Waals surface area contributed by atoms with E-state index in [2.05, 4.69) is 20.9 Å². The van der Waals surface area contributed by atoms with Gasteiger partial charge in [0, 0.05) is 22.3 Å². The smallest absolute Gasteiger partial charge is 0.340 e. The number of hydrogen-bond donors (Lipinski definition) is 1. The second kappa shape index (κ2) is 6.29. The van der Waals surface area contributed by atoms with Crippen LogP contribution in [0.25, 0.3) is 0 Å². The zero-order chi connectivity index (χ0) is 14.5. The van der Waals surface area contributed by atoms with Crippen molar-refractivity contribution in [3.63, 3.8) is 0 Å². The summed E-state index contributed by atoms with van der Waals surface area (Å²) in [6, 6.07) is 9.30. The van der Waals surface area contributed by atoms with E-state index in [0.717, 1.165) is 4.47 Å². The molecular formula is C14H10BrNO4. The van der Waals surface area contributed by atoms with Crippen LogP contribution < -0.4 is 5.56 Å². The van der Waals surface area contributed by atoms with Crippen molar-refractivity contribution in [1.29, 1.82) is 0 Å². The number of halogens is 1. The van der Waals surface area contributed by atoms with Crippen LogP contribution in [-0.2, 0) is 4.74 Å². The summed E-state index contributed by atoms with van der Waals surface area (Å²) in [5.41, 5.74) is 0.336. The number of Topliss-reactive ketones (excluding diaryl/α,β-unsaturated/α-hetero) is 1. The van der Waals surface area contributed by atoms with Gasteiger partial charge in [-0.25, -0.2) is 4.79 Å². The third kappa shape index (κ3) is 3.64. The van der Waals surface area contributed by atoms with Crippen molar-refractivity contribution in [3.05, 3.63) is 68.5 Å². The highest BCUT2D eigenvalue weighted by Crippen LogP contribution is 2.11. The molecule has 0 bridgehead atoms. The number of ketones is 1. The Balaban J connectivity index is 1.96. The molecule has 0 atom stereocenters. The van der Waals surface area contributed by atoms with E-state index in [0.29, 0.717) is 5.56 Å². The lowest BCUT2D eigenvalue weighted by Crippen LogP contribution is -2.15. The molecule has 1 N–H and O–H groups in total. The molecule has 0 radical (unpaired) electrons. The van der Waals surface area contributed by atoms with E-state index in [4.69, 9.17) is 4.74 Å². The summed E-state index contributed by atoms with van der Waals surface area (Å²) in [4.78, 5) is 36.7. The number of carbonyl (C=O) groups is 2. The predicted octanol–water partition coefficient (Wildman–Crippen LogP) is 2.18. The summed E-state index contributed by atoms with van der Waals surface area (Å²) in [7, 11) is 0. The molecule has 5 nitrogen and oxygen atoms in total. The highest BCUT2D eigenvalue weighted by Gasteiger charge is 2.11. The van der Waals surface area contributed by atoms with Crippen molar-refractivity contribution in [1.82, 2.24) is 4.98 Å². The molecule has 0 saturated carbocycles. The Morgan fingerprint density at radius 1 is 1.05 bits per heavy atom. The summed E-state index contributed by atoms with van der Waals surface area (Å²) in [5, 5.41) is 0. The molecule has 1 heterocycles. The van der Waals surface area contributed by atoms with Crippen molar-refractivity contribution in [3.8, 4) is 0 Å². The van der Waals surface area contributed by atoms with Gasteiger partial charge >= 0.3 is 5.97 Å². The van der Waals surface area contributed by atoms with Gasteiger partial charge in [0.1, 0.15) is 0 Å². The first kappa shape index (κ1) is 14.2. The minimum absolute atomic E-state index is 0.188. The van der Waals surface area contributed by atoms with E-state index in [1.165, 1.54) is 18.3 Å². The first-order valence-corrected chi connectivity index (χ1v) is 6.50. The van der Waals surface area contributed by atoms with Gasteiger partial charge in [-0.05, 0) is 18.2 Å². The maximum Gasteiger partial charge on any atom is 0.340 e. The Hall–Kier alpha value is -2.21. The van der Waals surface area contributed by atoms with Crippen LogP contribution in [0.2, 0.25) is 0 Å². The number of rotatable bonds is 4. The van der Waals surface area contributed by atoms with Crippen molar-refractivity contribution in [2.45, 2.75) is 0 Å². The second-order valence-corrected chi connectivity index (χ2v) is 4.86. The third-order valence-electron chi connectivity index (χ3n) is 2.52. The van der Waals surface area contributed by atoms with E-state index in [-0.39, 0.29) is 23.5 Å². The highest BCUT2D eigenvalue weighted by atomic mass is 79.9. The van der Waals surface area contributed by atoms with Gasteiger partial charge in [-0.1, -0.05) is 28.1 Å². The molecule has 0 unspecified atom stereocenters. The van der Waals surface area contributed by atoms with Crippen LogP contribution in [0.15, 0.2) is 51.9 Å². The normalized spacial score (nSPS) is 10.1. The number of hydrogen-bond acceptors (Lipinski definition) is 4. The molecule has 0 aliphatic rings. The van der Waals surface area contributed by atoms with Gasteiger partial charge in [-0.2, -0.15) is 0 Å². The fourth-order valence-corrected chi connectivity index (χ4v) is 1.74. The van der Waals surface area contributed by atoms with E-state index < -0.39 is 5.97 Å². The van der Waals surface area contributed by atoms with Crippen LogP contribution in [0.5, 0.6) is 0 Å². The molecule has 0 fully saturated rings. The average molecular weight is 336 g/mol. The Bertz CT molecular complexity index is 671. The zero-order valence-electron chi connectivity index (χ0n) is 10.3. The molecule has 0 spiro atoms. The highest BCUT2D eigenvalue weighted by molar-refractivity contribution is 9.10. The maximum absolute atomic E-state index is 11.8. The molecule has 6 heteroatoms. The summed E-state index contributed by atoms with van der Waals surface area (Å²) in [6.45, 7) is -0.348. The summed E-state index contributed by atoms with van der Waals surface area (Å²) < 4.78 is 5.75. The number of ether oxygens (including phenoxy) is 1. The van der Waals surface area contributed by atoms with Crippen molar-refractivity contribution >= 4 is 27.7 Å². The molecule has 2 rings (SSSR count). The van der Waals surface area contributed by atoms with Gasteiger partial charge in [-0.15, -0.1) is 0 Å². The lowest BCUT2D eigenvalue weighted by Gasteiger charge is -2.04. The SMILES string of the molecule is O=C(COC(=O)c1ccc(=O)[nH]c1)c1ccc(Br)cc1. The maximum atomic E-state index is 11.8.